The van der Waals surface area contributed by atoms with Crippen LogP contribution in [0.2, 0.25) is 0 Å². The second-order valence-electron chi connectivity index (χ2n) is 7.10. The van der Waals surface area contributed by atoms with Gasteiger partial charge in [-0.3, -0.25) is 9.69 Å². The quantitative estimate of drug-likeness (QED) is 0.791. The first-order valence-corrected chi connectivity index (χ1v) is 9.50. The smallest absolute Gasteiger partial charge is 0.223 e. The van der Waals surface area contributed by atoms with E-state index in [1.807, 2.05) is 6.07 Å². The van der Waals surface area contributed by atoms with E-state index in [1.54, 1.807) is 6.07 Å². The van der Waals surface area contributed by atoms with Crippen LogP contribution in [0.3, 0.4) is 0 Å². The molecule has 2 atom stereocenters. The number of likely N-dealkylation sites (N-methyl/N-ethyl adjacent to an activating group) is 1. The minimum Gasteiger partial charge on any atom is -0.494 e. The van der Waals surface area contributed by atoms with E-state index in [9.17, 15) is 9.18 Å². The molecule has 2 unspecified atom stereocenters. The van der Waals surface area contributed by atoms with Gasteiger partial charge in [0.1, 0.15) is 0 Å². The van der Waals surface area contributed by atoms with Crippen LogP contribution in [-0.2, 0) is 11.2 Å². The normalized spacial score (nSPS) is 24.0. The van der Waals surface area contributed by atoms with Crippen molar-refractivity contribution in [1.29, 1.82) is 0 Å². The molecule has 2 heterocycles. The Balaban J connectivity index is 1.59. The zero-order valence-corrected chi connectivity index (χ0v) is 15.3. The van der Waals surface area contributed by atoms with E-state index in [0.29, 0.717) is 24.9 Å². The number of amides is 1. The Morgan fingerprint density at radius 3 is 2.72 bits per heavy atom. The predicted molar refractivity (Wildman–Crippen MR) is 96.3 cm³/mol. The molecule has 2 aliphatic heterocycles. The number of rotatable bonds is 6. The zero-order valence-electron chi connectivity index (χ0n) is 15.3. The third-order valence-electron chi connectivity index (χ3n) is 5.73. The number of likely N-dealkylation sites (tertiary alicyclic amines) is 2. The molecule has 0 radical (unpaired) electrons. The summed E-state index contributed by atoms with van der Waals surface area (Å²) in [5.41, 5.74) is 0.846. The van der Waals surface area contributed by atoms with E-state index in [1.165, 1.54) is 26.0 Å². The fraction of sp³-hybridized carbons (Fsp3) is 0.650. The number of methoxy groups -OCH3 is 1. The van der Waals surface area contributed by atoms with Gasteiger partial charge in [-0.1, -0.05) is 13.0 Å². The van der Waals surface area contributed by atoms with Gasteiger partial charge in [0.15, 0.2) is 11.6 Å². The van der Waals surface area contributed by atoms with Crippen molar-refractivity contribution in [2.45, 2.75) is 57.5 Å². The fourth-order valence-corrected chi connectivity index (χ4v) is 4.44. The van der Waals surface area contributed by atoms with Crippen molar-refractivity contribution in [2.24, 2.45) is 0 Å². The minimum atomic E-state index is -0.365. The molecular weight excluding hydrogens is 319 g/mol. The Kier molecular flexibility index (Phi) is 5.94. The number of hydrogen-bond acceptors (Lipinski definition) is 3. The third-order valence-corrected chi connectivity index (χ3v) is 5.73. The first-order valence-electron chi connectivity index (χ1n) is 9.50. The lowest BCUT2D eigenvalue weighted by Gasteiger charge is -2.34. The van der Waals surface area contributed by atoms with Crippen molar-refractivity contribution >= 4 is 5.91 Å². The molecule has 0 saturated carbocycles. The van der Waals surface area contributed by atoms with Crippen LogP contribution >= 0.6 is 0 Å². The number of nitrogens with zero attached hydrogens (tertiary/aromatic N) is 2. The number of carbonyl (C=O) groups excluding carboxylic acids is 1. The summed E-state index contributed by atoms with van der Waals surface area (Å²) >= 11 is 0. The average molecular weight is 348 g/mol. The topological polar surface area (TPSA) is 32.8 Å². The van der Waals surface area contributed by atoms with E-state index < -0.39 is 0 Å². The molecule has 25 heavy (non-hydrogen) atoms. The fourth-order valence-electron chi connectivity index (χ4n) is 4.44. The van der Waals surface area contributed by atoms with Crippen LogP contribution in [-0.4, -0.2) is 54.5 Å². The first kappa shape index (κ1) is 18.2. The van der Waals surface area contributed by atoms with E-state index >= 15 is 0 Å². The summed E-state index contributed by atoms with van der Waals surface area (Å²) < 4.78 is 18.7. The number of carbonyl (C=O) groups is 1. The van der Waals surface area contributed by atoms with Crippen LogP contribution in [0.25, 0.3) is 0 Å². The lowest BCUT2D eigenvalue weighted by Crippen LogP contribution is -2.48. The largest absolute Gasteiger partial charge is 0.494 e. The Bertz CT molecular complexity index is 607. The van der Waals surface area contributed by atoms with E-state index in [-0.39, 0.29) is 17.5 Å². The highest BCUT2D eigenvalue weighted by atomic mass is 19.1. The average Bonchev–Trinajstić information content (AvgIpc) is 3.27. The highest BCUT2D eigenvalue weighted by molar-refractivity contribution is 5.77. The van der Waals surface area contributed by atoms with Crippen molar-refractivity contribution in [3.63, 3.8) is 0 Å². The molecule has 2 saturated heterocycles. The molecule has 138 valence electrons. The standard InChI is InChI=1S/C20H29FN2O2/c1-3-22-12-4-6-17(22)18-7-5-13-23(18)20(24)11-9-15-8-10-19(25-2)16(21)14-15/h8,10,14,17-18H,3-7,9,11-13H2,1-2H3. The molecule has 0 bridgehead atoms. The van der Waals surface area contributed by atoms with Crippen molar-refractivity contribution in [1.82, 2.24) is 9.80 Å². The molecule has 0 aliphatic carbocycles. The van der Waals surface area contributed by atoms with Gasteiger partial charge in [0, 0.05) is 25.0 Å². The van der Waals surface area contributed by atoms with E-state index in [4.69, 9.17) is 4.74 Å². The second kappa shape index (κ2) is 8.17. The molecule has 1 aromatic rings. The van der Waals surface area contributed by atoms with Crippen LogP contribution in [0.4, 0.5) is 4.39 Å². The van der Waals surface area contributed by atoms with Gasteiger partial charge in [-0.05, 0) is 62.9 Å². The van der Waals surface area contributed by atoms with Gasteiger partial charge in [-0.25, -0.2) is 4.39 Å². The SMILES string of the molecule is CCN1CCCC1C1CCCN1C(=O)CCc1ccc(OC)c(F)c1. The van der Waals surface area contributed by atoms with Gasteiger partial charge in [0.05, 0.1) is 7.11 Å². The molecule has 0 N–H and O–H groups in total. The molecule has 4 nitrogen and oxygen atoms in total. The summed E-state index contributed by atoms with van der Waals surface area (Å²) in [5, 5.41) is 0. The number of hydrogen-bond donors (Lipinski definition) is 0. The lowest BCUT2D eigenvalue weighted by atomic mass is 10.0. The Labute approximate surface area is 149 Å². The molecule has 1 aromatic carbocycles. The van der Waals surface area contributed by atoms with Gasteiger partial charge >= 0.3 is 0 Å². The molecule has 0 spiro atoms. The van der Waals surface area contributed by atoms with Gasteiger partial charge in [-0.2, -0.15) is 0 Å². The predicted octanol–water partition coefficient (Wildman–Crippen LogP) is 3.24. The molecule has 1 amide bonds. The molecule has 2 fully saturated rings. The number of benzene rings is 1. The second-order valence-corrected chi connectivity index (χ2v) is 7.10. The Morgan fingerprint density at radius 1 is 1.24 bits per heavy atom. The Morgan fingerprint density at radius 2 is 2.00 bits per heavy atom. The van der Waals surface area contributed by atoms with Crippen molar-refractivity contribution in [2.75, 3.05) is 26.7 Å². The summed E-state index contributed by atoms with van der Waals surface area (Å²) in [7, 11) is 1.46. The van der Waals surface area contributed by atoms with Crippen LogP contribution < -0.4 is 4.74 Å². The lowest BCUT2D eigenvalue weighted by molar-refractivity contribution is -0.133. The molecular formula is C20H29FN2O2. The zero-order chi connectivity index (χ0) is 17.8. The van der Waals surface area contributed by atoms with Crippen LogP contribution in [0.15, 0.2) is 18.2 Å². The summed E-state index contributed by atoms with van der Waals surface area (Å²) in [6, 6.07) is 5.83. The maximum atomic E-state index is 13.8. The van der Waals surface area contributed by atoms with Crippen molar-refractivity contribution < 1.29 is 13.9 Å². The summed E-state index contributed by atoms with van der Waals surface area (Å²) in [4.78, 5) is 17.4. The summed E-state index contributed by atoms with van der Waals surface area (Å²) in [6.45, 7) is 5.30. The molecule has 0 aromatic heterocycles. The van der Waals surface area contributed by atoms with Crippen LogP contribution in [0, 0.1) is 5.82 Å². The summed E-state index contributed by atoms with van der Waals surface area (Å²) in [6.07, 6.45) is 5.67. The maximum Gasteiger partial charge on any atom is 0.223 e. The number of halogens is 1. The first-order chi connectivity index (χ1) is 12.1. The number of ether oxygens (including phenoxy) is 1. The van der Waals surface area contributed by atoms with Crippen LogP contribution in [0.1, 0.15) is 44.6 Å². The maximum absolute atomic E-state index is 13.8. The summed E-state index contributed by atoms with van der Waals surface area (Å²) in [5.74, 6) is 0.0910. The monoisotopic (exact) mass is 348 g/mol. The van der Waals surface area contributed by atoms with Crippen LogP contribution in [0.5, 0.6) is 5.75 Å². The molecule has 3 rings (SSSR count). The minimum absolute atomic E-state index is 0.210. The third kappa shape index (κ3) is 3.97. The van der Waals surface area contributed by atoms with Gasteiger partial charge in [-0.15, -0.1) is 0 Å². The Hall–Kier alpha value is -1.62. The molecule has 2 aliphatic rings. The van der Waals surface area contributed by atoms with Crippen molar-refractivity contribution in [3.8, 4) is 5.75 Å². The van der Waals surface area contributed by atoms with E-state index in [0.717, 1.165) is 38.0 Å². The molecule has 5 heteroatoms. The number of aryl methyl sites for hydroxylation is 1. The van der Waals surface area contributed by atoms with Gasteiger partial charge in [0.2, 0.25) is 5.91 Å². The van der Waals surface area contributed by atoms with Crippen molar-refractivity contribution in [3.05, 3.63) is 29.6 Å². The van der Waals surface area contributed by atoms with Gasteiger partial charge < -0.3 is 9.64 Å². The highest BCUT2D eigenvalue weighted by Gasteiger charge is 2.38. The highest BCUT2D eigenvalue weighted by Crippen LogP contribution is 2.30. The van der Waals surface area contributed by atoms with E-state index in [2.05, 4.69) is 16.7 Å². The van der Waals surface area contributed by atoms with Gasteiger partial charge in [0.25, 0.3) is 0 Å².